The van der Waals surface area contributed by atoms with Crippen molar-refractivity contribution in [1.82, 2.24) is 0 Å². The zero-order chi connectivity index (χ0) is 7.28. The minimum absolute atomic E-state index is 0.862. The molecule has 0 N–H and O–H groups in total. The number of alkyl halides is 1. The molecule has 0 aromatic rings. The smallest absolute Gasteiger partial charge is 0.00813 e. The van der Waals surface area contributed by atoms with Gasteiger partial charge in [0.25, 0.3) is 0 Å². The van der Waals surface area contributed by atoms with E-state index in [9.17, 15) is 0 Å². The summed E-state index contributed by atoms with van der Waals surface area (Å²) < 4.78 is 0.862. The summed E-state index contributed by atoms with van der Waals surface area (Å²) >= 11 is 2.49. The highest BCUT2D eigenvalue weighted by Gasteiger charge is 1.96. The van der Waals surface area contributed by atoms with Crippen LogP contribution in [0.1, 0.15) is 40.0 Å². The fourth-order valence-electron chi connectivity index (χ4n) is 0.807. The lowest BCUT2D eigenvalue weighted by atomic mass is 10.1. The van der Waals surface area contributed by atoms with Crippen molar-refractivity contribution < 1.29 is 0 Å². The Morgan fingerprint density at radius 1 is 1.11 bits per heavy atom. The Morgan fingerprint density at radius 2 is 1.67 bits per heavy atom. The summed E-state index contributed by atoms with van der Waals surface area (Å²) in [7, 11) is 0. The summed E-state index contributed by atoms with van der Waals surface area (Å²) in [4.78, 5) is 0. The molecule has 0 aromatic heterocycles. The summed E-state index contributed by atoms with van der Waals surface area (Å²) in [6.07, 6.45) is 4.19. The van der Waals surface area contributed by atoms with Crippen molar-refractivity contribution in [1.29, 1.82) is 0 Å². The van der Waals surface area contributed by atoms with E-state index in [0.717, 1.165) is 9.84 Å². The van der Waals surface area contributed by atoms with Gasteiger partial charge in [-0.2, -0.15) is 0 Å². The quantitative estimate of drug-likeness (QED) is 0.520. The number of rotatable bonds is 4. The molecule has 0 fully saturated rings. The normalized spacial score (nSPS) is 14.3. The maximum Gasteiger partial charge on any atom is 0.00813 e. The first-order chi connectivity index (χ1) is 4.13. The number of halogens is 1. The van der Waals surface area contributed by atoms with Crippen molar-refractivity contribution in [2.45, 2.75) is 44.0 Å². The van der Waals surface area contributed by atoms with Crippen molar-refractivity contribution >= 4 is 22.6 Å². The van der Waals surface area contributed by atoms with E-state index < -0.39 is 0 Å². The van der Waals surface area contributed by atoms with Gasteiger partial charge in [-0.1, -0.05) is 56.2 Å². The zero-order valence-corrected chi connectivity index (χ0v) is 8.81. The van der Waals surface area contributed by atoms with E-state index in [0.29, 0.717) is 0 Å². The highest BCUT2D eigenvalue weighted by Crippen LogP contribution is 2.12. The van der Waals surface area contributed by atoms with Gasteiger partial charge in [-0.05, 0) is 12.3 Å². The second kappa shape index (κ2) is 5.51. The van der Waals surface area contributed by atoms with E-state index in [1.807, 2.05) is 0 Å². The van der Waals surface area contributed by atoms with E-state index in [4.69, 9.17) is 0 Å². The minimum Gasteiger partial charge on any atom is -0.0829 e. The Labute approximate surface area is 72.6 Å². The van der Waals surface area contributed by atoms with Crippen molar-refractivity contribution in [2.75, 3.05) is 0 Å². The average molecular weight is 240 g/mol. The first kappa shape index (κ1) is 9.73. The monoisotopic (exact) mass is 240 g/mol. The third-order valence-electron chi connectivity index (χ3n) is 1.38. The molecule has 0 unspecified atom stereocenters. The van der Waals surface area contributed by atoms with E-state index in [2.05, 4.69) is 43.4 Å². The van der Waals surface area contributed by atoms with Gasteiger partial charge in [0.15, 0.2) is 0 Å². The fraction of sp³-hybridized carbons (Fsp3) is 1.00. The standard InChI is InChI=1S/C8H17I/c1-7(2)5-4-6-8(3)9/h7-8H,4-6H2,1-3H3/t8-/m0/s1. The molecule has 0 nitrogen and oxygen atoms in total. The van der Waals surface area contributed by atoms with Crippen molar-refractivity contribution in [2.24, 2.45) is 5.92 Å². The Hall–Kier alpha value is 0.730. The molecule has 0 saturated carbocycles. The molecule has 56 valence electrons. The van der Waals surface area contributed by atoms with Crippen LogP contribution in [-0.2, 0) is 0 Å². The van der Waals surface area contributed by atoms with Gasteiger partial charge in [0.2, 0.25) is 0 Å². The topological polar surface area (TPSA) is 0 Å². The third-order valence-corrected chi connectivity index (χ3v) is 2.01. The van der Waals surface area contributed by atoms with Crippen LogP contribution in [-0.4, -0.2) is 3.92 Å². The lowest BCUT2D eigenvalue weighted by Gasteiger charge is -2.04. The summed E-state index contributed by atoms with van der Waals surface area (Å²) in [6, 6.07) is 0. The Kier molecular flexibility index (Phi) is 5.96. The van der Waals surface area contributed by atoms with Gasteiger partial charge in [-0.15, -0.1) is 0 Å². The van der Waals surface area contributed by atoms with Crippen LogP contribution in [0.25, 0.3) is 0 Å². The van der Waals surface area contributed by atoms with E-state index in [1.54, 1.807) is 0 Å². The highest BCUT2D eigenvalue weighted by atomic mass is 127. The lowest BCUT2D eigenvalue weighted by molar-refractivity contribution is 0.540. The molecule has 0 heterocycles. The van der Waals surface area contributed by atoms with Crippen molar-refractivity contribution in [3.63, 3.8) is 0 Å². The molecular weight excluding hydrogens is 223 g/mol. The predicted molar refractivity (Wildman–Crippen MR) is 52.2 cm³/mol. The van der Waals surface area contributed by atoms with E-state index >= 15 is 0 Å². The highest BCUT2D eigenvalue weighted by molar-refractivity contribution is 14.1. The largest absolute Gasteiger partial charge is 0.0829 e. The molecular formula is C8H17I. The summed E-state index contributed by atoms with van der Waals surface area (Å²) in [5.41, 5.74) is 0. The number of hydrogen-bond donors (Lipinski definition) is 0. The van der Waals surface area contributed by atoms with Crippen LogP contribution in [0.3, 0.4) is 0 Å². The molecule has 0 radical (unpaired) electrons. The third kappa shape index (κ3) is 8.73. The average Bonchev–Trinajstić information content (AvgIpc) is 1.63. The van der Waals surface area contributed by atoms with Crippen LogP contribution in [0.4, 0.5) is 0 Å². The molecule has 0 aliphatic rings. The summed E-state index contributed by atoms with van der Waals surface area (Å²) in [6.45, 7) is 6.86. The fourth-order valence-corrected chi connectivity index (χ4v) is 1.25. The van der Waals surface area contributed by atoms with Crippen LogP contribution in [0.15, 0.2) is 0 Å². The molecule has 0 aliphatic heterocycles. The second-order valence-corrected chi connectivity index (χ2v) is 5.23. The minimum atomic E-state index is 0.862. The predicted octanol–water partition coefficient (Wildman–Crippen LogP) is 3.64. The van der Waals surface area contributed by atoms with Gasteiger partial charge in [0.05, 0.1) is 0 Å². The van der Waals surface area contributed by atoms with E-state index in [-0.39, 0.29) is 0 Å². The van der Waals surface area contributed by atoms with Crippen LogP contribution >= 0.6 is 22.6 Å². The Balaban J connectivity index is 2.91. The van der Waals surface area contributed by atoms with Crippen LogP contribution in [0.2, 0.25) is 0 Å². The van der Waals surface area contributed by atoms with Crippen LogP contribution in [0.5, 0.6) is 0 Å². The molecule has 0 rings (SSSR count). The van der Waals surface area contributed by atoms with Crippen molar-refractivity contribution in [3.05, 3.63) is 0 Å². The maximum absolute atomic E-state index is 2.49. The molecule has 1 atom stereocenters. The van der Waals surface area contributed by atoms with Gasteiger partial charge in [-0.3, -0.25) is 0 Å². The van der Waals surface area contributed by atoms with Gasteiger partial charge in [0.1, 0.15) is 0 Å². The van der Waals surface area contributed by atoms with Crippen LogP contribution < -0.4 is 0 Å². The lowest BCUT2D eigenvalue weighted by Crippen LogP contribution is -1.92. The Bertz CT molecular complexity index is 49.6. The van der Waals surface area contributed by atoms with Gasteiger partial charge >= 0.3 is 0 Å². The van der Waals surface area contributed by atoms with E-state index in [1.165, 1.54) is 19.3 Å². The summed E-state index contributed by atoms with van der Waals surface area (Å²) in [5.74, 6) is 0.889. The van der Waals surface area contributed by atoms with Crippen LogP contribution in [0, 0.1) is 5.92 Å². The molecule has 0 aromatic carbocycles. The maximum atomic E-state index is 2.49. The molecule has 0 saturated heterocycles. The van der Waals surface area contributed by atoms with Gasteiger partial charge in [0, 0.05) is 3.92 Å². The molecule has 0 amide bonds. The molecule has 9 heavy (non-hydrogen) atoms. The number of hydrogen-bond acceptors (Lipinski definition) is 0. The summed E-state index contributed by atoms with van der Waals surface area (Å²) in [5, 5.41) is 0. The SMILES string of the molecule is CC(C)CCC[C@H](C)I. The first-order valence-electron chi connectivity index (χ1n) is 3.77. The van der Waals surface area contributed by atoms with Gasteiger partial charge < -0.3 is 0 Å². The molecule has 0 spiro atoms. The first-order valence-corrected chi connectivity index (χ1v) is 5.01. The zero-order valence-electron chi connectivity index (χ0n) is 6.65. The van der Waals surface area contributed by atoms with Gasteiger partial charge in [-0.25, -0.2) is 0 Å². The molecule has 1 heteroatoms. The second-order valence-electron chi connectivity index (χ2n) is 3.11. The molecule has 0 aliphatic carbocycles. The van der Waals surface area contributed by atoms with Crippen molar-refractivity contribution in [3.8, 4) is 0 Å². The molecule has 0 bridgehead atoms. The Morgan fingerprint density at radius 3 is 2.00 bits per heavy atom.